The van der Waals surface area contributed by atoms with Crippen molar-refractivity contribution in [2.24, 2.45) is 0 Å². The predicted molar refractivity (Wildman–Crippen MR) is 66.3 cm³/mol. The Hall–Kier alpha value is -1.81. The highest BCUT2D eigenvalue weighted by Gasteiger charge is 2.16. The van der Waals surface area contributed by atoms with Crippen LogP contribution in [-0.4, -0.2) is 18.6 Å². The number of amides is 1. The number of benzene rings is 1. The summed E-state index contributed by atoms with van der Waals surface area (Å²) in [6, 6.07) is 7.70. The minimum absolute atomic E-state index is 0.0793. The van der Waals surface area contributed by atoms with Crippen LogP contribution in [0.1, 0.15) is 19.4 Å². The maximum absolute atomic E-state index is 11.4. The molecule has 1 aliphatic rings. The number of hydrogen-bond donors (Lipinski definition) is 2. The molecule has 0 saturated carbocycles. The quantitative estimate of drug-likeness (QED) is 0.776. The molecule has 1 aromatic rings. The molecule has 17 heavy (non-hydrogen) atoms. The van der Waals surface area contributed by atoms with Crippen molar-refractivity contribution in [2.45, 2.75) is 20.0 Å². The van der Waals surface area contributed by atoms with Crippen LogP contribution >= 0.6 is 0 Å². The molecule has 2 rings (SSSR count). The fourth-order valence-corrected chi connectivity index (χ4v) is 1.65. The molecule has 1 saturated heterocycles. The maximum Gasteiger partial charge on any atom is 0.262 e. The van der Waals surface area contributed by atoms with E-state index in [-0.39, 0.29) is 12.0 Å². The van der Waals surface area contributed by atoms with Gasteiger partial charge in [0.25, 0.3) is 5.91 Å². The van der Waals surface area contributed by atoms with Crippen molar-refractivity contribution in [2.75, 3.05) is 6.54 Å². The van der Waals surface area contributed by atoms with Crippen LogP contribution in [0.2, 0.25) is 0 Å². The first-order valence-corrected chi connectivity index (χ1v) is 5.66. The van der Waals surface area contributed by atoms with Gasteiger partial charge < -0.3 is 4.74 Å². The Bertz CT molecular complexity index is 452. The average Bonchev–Trinajstić information content (AvgIpc) is 2.67. The van der Waals surface area contributed by atoms with Crippen LogP contribution in [0, 0.1) is 0 Å². The maximum atomic E-state index is 11.4. The molecule has 1 aromatic carbocycles. The lowest BCUT2D eigenvalue weighted by Crippen LogP contribution is -2.25. The average molecular weight is 232 g/mol. The molecule has 0 radical (unpaired) electrons. The molecule has 1 heterocycles. The van der Waals surface area contributed by atoms with Gasteiger partial charge in [0.15, 0.2) is 0 Å². The van der Waals surface area contributed by atoms with E-state index in [1.807, 2.05) is 44.2 Å². The molecule has 0 atom stereocenters. The van der Waals surface area contributed by atoms with E-state index >= 15 is 0 Å². The van der Waals surface area contributed by atoms with Crippen LogP contribution in [0.5, 0.6) is 5.75 Å². The molecule has 0 unspecified atom stereocenters. The van der Waals surface area contributed by atoms with Gasteiger partial charge in [0.2, 0.25) is 0 Å². The van der Waals surface area contributed by atoms with Crippen molar-refractivity contribution in [1.29, 1.82) is 0 Å². The van der Waals surface area contributed by atoms with Crippen molar-refractivity contribution in [1.82, 2.24) is 10.9 Å². The van der Waals surface area contributed by atoms with Crippen LogP contribution in [-0.2, 0) is 4.79 Å². The molecule has 4 heteroatoms. The van der Waals surface area contributed by atoms with E-state index in [0.717, 1.165) is 11.3 Å². The fraction of sp³-hybridized carbons (Fsp3) is 0.308. The van der Waals surface area contributed by atoms with Gasteiger partial charge in [-0.15, -0.1) is 0 Å². The Morgan fingerprint density at radius 2 is 2.12 bits per heavy atom. The van der Waals surface area contributed by atoms with Gasteiger partial charge in [-0.1, -0.05) is 18.2 Å². The third kappa shape index (κ3) is 2.85. The molecule has 1 fully saturated rings. The molecule has 0 aromatic heterocycles. The van der Waals surface area contributed by atoms with Crippen LogP contribution in [0.4, 0.5) is 0 Å². The second-order valence-corrected chi connectivity index (χ2v) is 4.18. The number of hydrazine groups is 1. The topological polar surface area (TPSA) is 50.4 Å². The van der Waals surface area contributed by atoms with E-state index in [0.29, 0.717) is 12.1 Å². The summed E-state index contributed by atoms with van der Waals surface area (Å²) in [5, 5.41) is 0. The minimum atomic E-state index is -0.0793. The zero-order valence-electron chi connectivity index (χ0n) is 9.99. The summed E-state index contributed by atoms with van der Waals surface area (Å²) in [7, 11) is 0. The first-order chi connectivity index (χ1) is 8.16. The van der Waals surface area contributed by atoms with Crippen LogP contribution < -0.4 is 15.6 Å². The number of carbonyl (C=O) groups excluding carboxylic acids is 1. The van der Waals surface area contributed by atoms with E-state index in [4.69, 9.17) is 4.74 Å². The lowest BCUT2D eigenvalue weighted by Gasteiger charge is -2.12. The first kappa shape index (κ1) is 11.7. The van der Waals surface area contributed by atoms with Crippen molar-refractivity contribution >= 4 is 12.0 Å². The van der Waals surface area contributed by atoms with Crippen molar-refractivity contribution in [3.63, 3.8) is 0 Å². The van der Waals surface area contributed by atoms with E-state index in [9.17, 15) is 4.79 Å². The van der Waals surface area contributed by atoms with Crippen LogP contribution in [0.25, 0.3) is 6.08 Å². The number of carbonyl (C=O) groups is 1. The number of para-hydroxylation sites is 1. The number of nitrogens with one attached hydrogen (secondary N) is 2. The molecule has 0 bridgehead atoms. The van der Waals surface area contributed by atoms with E-state index < -0.39 is 0 Å². The summed E-state index contributed by atoms with van der Waals surface area (Å²) in [4.78, 5) is 11.4. The molecule has 2 N–H and O–H groups in total. The minimum Gasteiger partial charge on any atom is -0.490 e. The number of ether oxygens (including phenoxy) is 1. The summed E-state index contributed by atoms with van der Waals surface area (Å²) in [6.45, 7) is 4.50. The van der Waals surface area contributed by atoms with Gasteiger partial charge in [-0.3, -0.25) is 10.2 Å². The van der Waals surface area contributed by atoms with Gasteiger partial charge in [-0.05, 0) is 26.0 Å². The Morgan fingerprint density at radius 1 is 1.35 bits per heavy atom. The highest BCUT2D eigenvalue weighted by molar-refractivity contribution is 6.00. The lowest BCUT2D eigenvalue weighted by atomic mass is 10.1. The van der Waals surface area contributed by atoms with Gasteiger partial charge in [0.1, 0.15) is 5.75 Å². The number of rotatable bonds is 3. The Morgan fingerprint density at radius 3 is 2.76 bits per heavy atom. The molecule has 0 aliphatic carbocycles. The molecule has 0 spiro atoms. The second kappa shape index (κ2) is 5.01. The Balaban J connectivity index is 2.28. The van der Waals surface area contributed by atoms with Gasteiger partial charge in [-0.25, -0.2) is 5.43 Å². The molecule has 4 nitrogen and oxygen atoms in total. The Labute approximate surface area is 101 Å². The van der Waals surface area contributed by atoms with Gasteiger partial charge >= 0.3 is 0 Å². The van der Waals surface area contributed by atoms with Crippen LogP contribution in [0.15, 0.2) is 29.8 Å². The van der Waals surface area contributed by atoms with Crippen molar-refractivity contribution < 1.29 is 9.53 Å². The molecular formula is C13H16N2O2. The summed E-state index contributed by atoms with van der Waals surface area (Å²) in [5.74, 6) is 0.721. The summed E-state index contributed by atoms with van der Waals surface area (Å²) in [6.07, 6.45) is 1.97. The SMILES string of the molecule is CC(C)Oc1ccccc1/C=C1\CNNC1=O. The highest BCUT2D eigenvalue weighted by atomic mass is 16.5. The van der Waals surface area contributed by atoms with Crippen LogP contribution in [0.3, 0.4) is 0 Å². The van der Waals surface area contributed by atoms with Crippen molar-refractivity contribution in [3.8, 4) is 5.75 Å². The summed E-state index contributed by atoms with van der Waals surface area (Å²) >= 11 is 0. The van der Waals surface area contributed by atoms with Gasteiger partial charge in [0, 0.05) is 17.7 Å². The third-order valence-corrected chi connectivity index (χ3v) is 2.38. The second-order valence-electron chi connectivity index (χ2n) is 4.18. The molecule has 1 aliphatic heterocycles. The highest BCUT2D eigenvalue weighted by Crippen LogP contribution is 2.22. The van der Waals surface area contributed by atoms with Gasteiger partial charge in [-0.2, -0.15) is 0 Å². The third-order valence-electron chi connectivity index (χ3n) is 2.38. The van der Waals surface area contributed by atoms with E-state index in [2.05, 4.69) is 10.9 Å². The molecule has 1 amide bonds. The van der Waals surface area contributed by atoms with Crippen molar-refractivity contribution in [3.05, 3.63) is 35.4 Å². The largest absolute Gasteiger partial charge is 0.490 e. The molecular weight excluding hydrogens is 216 g/mol. The lowest BCUT2D eigenvalue weighted by molar-refractivity contribution is -0.116. The standard InChI is InChI=1S/C13H16N2O2/c1-9(2)17-12-6-4-3-5-10(12)7-11-8-14-15-13(11)16/h3-7,9,14H,8H2,1-2H3,(H,15,16)/b11-7+. The summed E-state index contributed by atoms with van der Waals surface area (Å²) in [5.41, 5.74) is 6.98. The first-order valence-electron chi connectivity index (χ1n) is 5.66. The number of hydrogen-bond acceptors (Lipinski definition) is 3. The fourth-order valence-electron chi connectivity index (χ4n) is 1.65. The van der Waals surface area contributed by atoms with E-state index in [1.165, 1.54) is 0 Å². The Kier molecular flexibility index (Phi) is 3.44. The predicted octanol–water partition coefficient (Wildman–Crippen LogP) is 1.49. The zero-order valence-corrected chi connectivity index (χ0v) is 9.99. The monoisotopic (exact) mass is 232 g/mol. The normalized spacial score (nSPS) is 17.6. The zero-order chi connectivity index (χ0) is 12.3. The summed E-state index contributed by atoms with van der Waals surface area (Å²) < 4.78 is 5.69. The van der Waals surface area contributed by atoms with Gasteiger partial charge in [0.05, 0.1) is 6.10 Å². The smallest absolute Gasteiger partial charge is 0.262 e. The van der Waals surface area contributed by atoms with E-state index in [1.54, 1.807) is 0 Å². The molecule has 90 valence electrons.